The summed E-state index contributed by atoms with van der Waals surface area (Å²) in [5.74, 6) is 0.737. The molecule has 0 unspecified atom stereocenters. The van der Waals surface area contributed by atoms with Crippen molar-refractivity contribution in [2.45, 2.75) is 31.4 Å². The van der Waals surface area contributed by atoms with Crippen LogP contribution in [0.2, 0.25) is 0 Å². The minimum atomic E-state index is -0.100. The van der Waals surface area contributed by atoms with Crippen LogP contribution in [0, 0.1) is 5.92 Å². The molecule has 2 atom stereocenters. The van der Waals surface area contributed by atoms with Gasteiger partial charge in [-0.25, -0.2) is 0 Å². The largest absolute Gasteiger partial charge is 0.493 e. The van der Waals surface area contributed by atoms with Gasteiger partial charge < -0.3 is 24.4 Å². The first-order valence-corrected chi connectivity index (χ1v) is 10.2. The van der Waals surface area contributed by atoms with Crippen molar-refractivity contribution < 1.29 is 23.8 Å². The molecule has 4 rings (SSSR count). The number of fused-ring (bicyclic) bond motifs is 1. The van der Waals surface area contributed by atoms with Gasteiger partial charge in [-0.1, -0.05) is 6.42 Å². The van der Waals surface area contributed by atoms with E-state index in [0.29, 0.717) is 42.4 Å². The Kier molecular flexibility index (Phi) is 5.65. The summed E-state index contributed by atoms with van der Waals surface area (Å²) in [5.41, 5.74) is 0.935. The Morgan fingerprint density at radius 2 is 1.97 bits per heavy atom. The zero-order valence-corrected chi connectivity index (χ0v) is 17.3. The van der Waals surface area contributed by atoms with Crippen LogP contribution < -0.4 is 14.8 Å². The van der Waals surface area contributed by atoms with E-state index in [9.17, 15) is 9.59 Å². The molecule has 2 aliphatic heterocycles. The number of morpholine rings is 1. The number of ether oxygens (including phenoxy) is 3. The first-order valence-electron chi connectivity index (χ1n) is 10.2. The van der Waals surface area contributed by atoms with Gasteiger partial charge in [-0.15, -0.1) is 0 Å². The molecular weight excluding hydrogens is 374 g/mol. The predicted octanol–water partition coefficient (Wildman–Crippen LogP) is 1.60. The second-order valence-corrected chi connectivity index (χ2v) is 8.04. The van der Waals surface area contributed by atoms with Crippen LogP contribution in [0.5, 0.6) is 11.5 Å². The Morgan fingerprint density at radius 1 is 1.17 bits per heavy atom. The summed E-state index contributed by atoms with van der Waals surface area (Å²) in [6, 6.07) is 3.57. The molecule has 0 radical (unpaired) electrons. The van der Waals surface area contributed by atoms with E-state index in [1.807, 2.05) is 4.90 Å². The minimum Gasteiger partial charge on any atom is -0.493 e. The van der Waals surface area contributed by atoms with Crippen LogP contribution in [0.15, 0.2) is 12.1 Å². The third-order valence-corrected chi connectivity index (χ3v) is 6.33. The maximum absolute atomic E-state index is 13.2. The highest BCUT2D eigenvalue weighted by molar-refractivity contribution is 6.00. The smallest absolute Gasteiger partial charge is 0.254 e. The van der Waals surface area contributed by atoms with Crippen molar-refractivity contribution in [3.05, 3.63) is 17.7 Å². The molecule has 2 saturated heterocycles. The van der Waals surface area contributed by atoms with Crippen LogP contribution in [-0.4, -0.2) is 81.3 Å². The maximum atomic E-state index is 13.2. The van der Waals surface area contributed by atoms with E-state index in [-0.39, 0.29) is 29.9 Å². The van der Waals surface area contributed by atoms with Gasteiger partial charge in [0, 0.05) is 31.1 Å². The Hall–Kier alpha value is -2.32. The van der Waals surface area contributed by atoms with Gasteiger partial charge in [-0.05, 0) is 32.0 Å². The number of amides is 2. The van der Waals surface area contributed by atoms with Crippen LogP contribution in [0.1, 0.15) is 29.6 Å². The van der Waals surface area contributed by atoms with E-state index in [0.717, 1.165) is 25.8 Å². The number of hydrogen-bond donors (Lipinski definition) is 1. The first kappa shape index (κ1) is 20.0. The van der Waals surface area contributed by atoms with Crippen molar-refractivity contribution in [1.29, 1.82) is 0 Å². The van der Waals surface area contributed by atoms with Gasteiger partial charge in [0.2, 0.25) is 5.91 Å². The zero-order chi connectivity index (χ0) is 20.5. The Balaban J connectivity index is 1.58. The molecule has 1 aliphatic carbocycles. The second kappa shape index (κ2) is 8.20. The summed E-state index contributed by atoms with van der Waals surface area (Å²) in [6.07, 6.45) is 2.91. The van der Waals surface area contributed by atoms with Gasteiger partial charge in [0.1, 0.15) is 0 Å². The average Bonchev–Trinajstić information content (AvgIpc) is 3.11. The van der Waals surface area contributed by atoms with Crippen molar-refractivity contribution in [3.63, 3.8) is 0 Å². The van der Waals surface area contributed by atoms with Crippen molar-refractivity contribution in [2.75, 3.05) is 52.8 Å². The number of carbonyl (C=O) groups excluding carboxylic acids is 2. The number of benzene rings is 1. The molecule has 0 bridgehead atoms. The lowest BCUT2D eigenvalue weighted by molar-refractivity contribution is -0.122. The molecule has 8 heteroatoms. The highest BCUT2D eigenvalue weighted by atomic mass is 16.5. The predicted molar refractivity (Wildman–Crippen MR) is 108 cm³/mol. The molecule has 29 heavy (non-hydrogen) atoms. The first-order chi connectivity index (χ1) is 14.0. The van der Waals surface area contributed by atoms with Crippen LogP contribution in [-0.2, 0) is 9.53 Å². The number of carbonyl (C=O) groups is 2. The Labute approximate surface area is 171 Å². The molecule has 8 nitrogen and oxygen atoms in total. The Bertz CT molecular complexity index is 795. The number of rotatable bonds is 5. The summed E-state index contributed by atoms with van der Waals surface area (Å²) in [5, 5.41) is 2.93. The fourth-order valence-corrected chi connectivity index (χ4v) is 4.29. The molecule has 1 N–H and O–H groups in total. The van der Waals surface area contributed by atoms with Gasteiger partial charge in [0.25, 0.3) is 5.91 Å². The molecule has 1 aromatic rings. The maximum Gasteiger partial charge on any atom is 0.254 e. The summed E-state index contributed by atoms with van der Waals surface area (Å²) >= 11 is 0. The van der Waals surface area contributed by atoms with Crippen LogP contribution >= 0.6 is 0 Å². The summed E-state index contributed by atoms with van der Waals surface area (Å²) < 4.78 is 16.8. The minimum absolute atomic E-state index is 0.0273. The highest BCUT2D eigenvalue weighted by Crippen LogP contribution is 2.38. The Morgan fingerprint density at radius 3 is 2.59 bits per heavy atom. The summed E-state index contributed by atoms with van der Waals surface area (Å²) in [6.45, 7) is 2.74. The topological polar surface area (TPSA) is 80.3 Å². The van der Waals surface area contributed by atoms with Gasteiger partial charge in [0.15, 0.2) is 11.5 Å². The number of anilines is 1. The van der Waals surface area contributed by atoms with E-state index < -0.39 is 0 Å². The number of methoxy groups -OCH3 is 2. The van der Waals surface area contributed by atoms with Crippen molar-refractivity contribution in [2.24, 2.45) is 5.92 Å². The van der Waals surface area contributed by atoms with E-state index in [1.165, 1.54) is 14.2 Å². The van der Waals surface area contributed by atoms with E-state index in [1.54, 1.807) is 12.1 Å². The van der Waals surface area contributed by atoms with Crippen molar-refractivity contribution in [1.82, 2.24) is 9.80 Å². The molecule has 1 aromatic carbocycles. The van der Waals surface area contributed by atoms with Crippen molar-refractivity contribution >= 4 is 17.5 Å². The molecular formula is C21H29N3O5. The van der Waals surface area contributed by atoms with Crippen LogP contribution in [0.4, 0.5) is 5.69 Å². The quantitative estimate of drug-likeness (QED) is 0.804. The SMILES string of the molecule is COc1cc(C(=O)N2C[C@@H]3OCCN(C)[C@H]3C2)cc(NC(=O)C2CCC2)c1OC. The zero-order valence-electron chi connectivity index (χ0n) is 17.3. The summed E-state index contributed by atoms with van der Waals surface area (Å²) in [4.78, 5) is 29.8. The fourth-order valence-electron chi connectivity index (χ4n) is 4.29. The standard InChI is InChI=1S/C21H29N3O5/c1-23-7-8-29-18-12-24(11-16(18)23)21(26)14-9-15(19(28-3)17(10-14)27-2)22-20(25)13-5-4-6-13/h9-10,13,16,18H,4-8,11-12H2,1-3H3,(H,22,25)/t16-,18-/m0/s1. The van der Waals surface area contributed by atoms with Gasteiger partial charge >= 0.3 is 0 Å². The molecule has 3 fully saturated rings. The number of nitrogens with one attached hydrogen (secondary N) is 1. The highest BCUT2D eigenvalue weighted by Gasteiger charge is 2.41. The van der Waals surface area contributed by atoms with Gasteiger partial charge in [0.05, 0.1) is 38.7 Å². The molecule has 1 saturated carbocycles. The van der Waals surface area contributed by atoms with Crippen molar-refractivity contribution in [3.8, 4) is 11.5 Å². The number of hydrogen-bond acceptors (Lipinski definition) is 6. The van der Waals surface area contributed by atoms with E-state index in [2.05, 4.69) is 17.3 Å². The van der Waals surface area contributed by atoms with Gasteiger partial charge in [-0.3, -0.25) is 14.5 Å². The molecule has 0 aromatic heterocycles. The fraction of sp³-hybridized carbons (Fsp3) is 0.619. The van der Waals surface area contributed by atoms with Crippen LogP contribution in [0.25, 0.3) is 0 Å². The molecule has 2 heterocycles. The number of nitrogens with zero attached hydrogens (tertiary/aromatic N) is 2. The summed E-state index contributed by atoms with van der Waals surface area (Å²) in [7, 11) is 5.12. The van der Waals surface area contributed by atoms with E-state index >= 15 is 0 Å². The third kappa shape index (κ3) is 3.79. The normalized spacial score (nSPS) is 24.6. The monoisotopic (exact) mass is 403 g/mol. The molecule has 2 amide bonds. The second-order valence-electron chi connectivity index (χ2n) is 8.04. The van der Waals surface area contributed by atoms with Crippen LogP contribution in [0.3, 0.4) is 0 Å². The van der Waals surface area contributed by atoms with E-state index in [4.69, 9.17) is 14.2 Å². The lowest BCUT2D eigenvalue weighted by Gasteiger charge is -2.33. The average molecular weight is 403 g/mol. The lowest BCUT2D eigenvalue weighted by Crippen LogP contribution is -2.48. The van der Waals surface area contributed by atoms with Gasteiger partial charge in [-0.2, -0.15) is 0 Å². The molecule has 0 spiro atoms. The third-order valence-electron chi connectivity index (χ3n) is 6.33. The number of likely N-dealkylation sites (N-methyl/N-ethyl adjacent to an activating group) is 1. The molecule has 158 valence electrons. The lowest BCUT2D eigenvalue weighted by atomic mass is 9.85. The molecule has 3 aliphatic rings. The number of likely N-dealkylation sites (tertiary alicyclic amines) is 1.